The number of furan rings is 1. The molecule has 0 saturated heterocycles. The summed E-state index contributed by atoms with van der Waals surface area (Å²) >= 11 is 0. The van der Waals surface area contributed by atoms with Crippen LogP contribution in [0.3, 0.4) is 0 Å². The number of para-hydroxylation sites is 3. The fraction of sp³-hybridized carbons (Fsp3) is 0. The molecule has 0 amide bonds. The van der Waals surface area contributed by atoms with Crippen molar-refractivity contribution >= 4 is 71.6 Å². The maximum absolute atomic E-state index is 6.49. The lowest BCUT2D eigenvalue weighted by molar-refractivity contribution is 0.669. The number of hydrogen-bond acceptors (Lipinski definition) is 2. The second kappa shape index (κ2) is 11.0. The van der Waals surface area contributed by atoms with Crippen LogP contribution in [0, 0.1) is 0 Å². The first-order valence-electron chi connectivity index (χ1n) is 16.7. The zero-order chi connectivity index (χ0) is 32.3. The Kier molecular flexibility index (Phi) is 6.18. The summed E-state index contributed by atoms with van der Waals surface area (Å²) in [6.07, 6.45) is 0. The van der Waals surface area contributed by atoms with Gasteiger partial charge in [0.15, 0.2) is 0 Å². The Balaban J connectivity index is 1.10. The molecule has 0 radical (unpaired) electrons. The van der Waals surface area contributed by atoms with E-state index in [1.165, 1.54) is 49.4 Å². The summed E-state index contributed by atoms with van der Waals surface area (Å²) in [5.41, 5.74) is 11.0. The quantitative estimate of drug-likeness (QED) is 0.190. The molecule has 49 heavy (non-hydrogen) atoms. The van der Waals surface area contributed by atoms with E-state index in [1.54, 1.807) is 0 Å². The van der Waals surface area contributed by atoms with Gasteiger partial charge in [0.1, 0.15) is 11.2 Å². The summed E-state index contributed by atoms with van der Waals surface area (Å²) in [4.78, 5) is 2.27. The van der Waals surface area contributed by atoms with E-state index >= 15 is 0 Å². The van der Waals surface area contributed by atoms with Crippen LogP contribution in [0.25, 0.3) is 71.3 Å². The molecule has 0 aliphatic carbocycles. The summed E-state index contributed by atoms with van der Waals surface area (Å²) in [5.74, 6) is 0. The van der Waals surface area contributed by atoms with Gasteiger partial charge >= 0.3 is 0 Å². The van der Waals surface area contributed by atoms with Crippen LogP contribution < -0.4 is 4.90 Å². The molecule has 0 aliphatic rings. The van der Waals surface area contributed by atoms with Gasteiger partial charge in [-0.05, 0) is 89.3 Å². The van der Waals surface area contributed by atoms with Crippen molar-refractivity contribution in [1.82, 2.24) is 4.57 Å². The lowest BCUT2D eigenvalue weighted by Crippen LogP contribution is -2.09. The molecule has 0 unspecified atom stereocenters. The maximum Gasteiger partial charge on any atom is 0.137 e. The van der Waals surface area contributed by atoms with Gasteiger partial charge in [0.2, 0.25) is 0 Å². The Morgan fingerprint density at radius 2 is 1.00 bits per heavy atom. The molecule has 10 rings (SSSR count). The Bertz CT molecular complexity index is 2780. The number of hydrogen-bond donors (Lipinski definition) is 0. The molecule has 2 heterocycles. The minimum atomic E-state index is 0.870. The van der Waals surface area contributed by atoms with Crippen LogP contribution in [-0.4, -0.2) is 4.57 Å². The van der Waals surface area contributed by atoms with Crippen LogP contribution in [0.1, 0.15) is 0 Å². The number of anilines is 3. The second-order valence-corrected chi connectivity index (χ2v) is 12.6. The SMILES string of the molecule is c1ccc(N(c2ccccc2)c2ccc3c(c2)oc2ccc(-c4ccc5c(c4)c4ccccc4n5-c4cccc5ccccc45)cc23)cc1. The Morgan fingerprint density at radius 3 is 1.80 bits per heavy atom. The van der Waals surface area contributed by atoms with Gasteiger partial charge in [-0.1, -0.05) is 103 Å². The Hall–Kier alpha value is -6.58. The van der Waals surface area contributed by atoms with Crippen molar-refractivity contribution in [2.75, 3.05) is 4.90 Å². The first-order valence-corrected chi connectivity index (χ1v) is 16.7. The van der Waals surface area contributed by atoms with E-state index in [0.29, 0.717) is 0 Å². The van der Waals surface area contributed by atoms with Crippen molar-refractivity contribution in [1.29, 1.82) is 0 Å². The largest absolute Gasteiger partial charge is 0.456 e. The minimum absolute atomic E-state index is 0.870. The lowest BCUT2D eigenvalue weighted by Gasteiger charge is -2.25. The van der Waals surface area contributed by atoms with Crippen molar-refractivity contribution in [3.05, 3.63) is 182 Å². The van der Waals surface area contributed by atoms with E-state index in [2.05, 4.69) is 179 Å². The first-order chi connectivity index (χ1) is 24.3. The standard InChI is InChI=1S/C46H30N2O/c1-3-14-34(15-4-1)47(35-16-5-2-6-17-35)36-24-25-39-41-29-33(23-27-45(41)49-46(39)30-36)32-22-26-44-40(28-32)38-19-9-10-20-43(38)48(44)42-21-11-13-31-12-7-8-18-37(31)42/h1-30H. The molecule has 0 spiro atoms. The predicted octanol–water partition coefficient (Wildman–Crippen LogP) is 13.0. The van der Waals surface area contributed by atoms with Crippen LogP contribution in [0.2, 0.25) is 0 Å². The van der Waals surface area contributed by atoms with E-state index < -0.39 is 0 Å². The number of aromatic nitrogens is 1. The molecule has 0 aliphatic heterocycles. The highest BCUT2D eigenvalue weighted by Crippen LogP contribution is 2.41. The average Bonchev–Trinajstić information content (AvgIpc) is 3.70. The van der Waals surface area contributed by atoms with E-state index in [1.807, 2.05) is 12.1 Å². The lowest BCUT2D eigenvalue weighted by atomic mass is 10.0. The highest BCUT2D eigenvalue weighted by Gasteiger charge is 2.17. The zero-order valence-electron chi connectivity index (χ0n) is 26.6. The third-order valence-electron chi connectivity index (χ3n) is 9.76. The average molecular weight is 627 g/mol. The van der Waals surface area contributed by atoms with E-state index in [4.69, 9.17) is 4.42 Å². The number of fused-ring (bicyclic) bond motifs is 7. The fourth-order valence-electron chi connectivity index (χ4n) is 7.50. The summed E-state index contributed by atoms with van der Waals surface area (Å²) < 4.78 is 8.90. The van der Waals surface area contributed by atoms with Crippen molar-refractivity contribution in [3.63, 3.8) is 0 Å². The summed E-state index contributed by atoms with van der Waals surface area (Å²) in [5, 5.41) is 7.19. The molecule has 0 saturated carbocycles. The third-order valence-corrected chi connectivity index (χ3v) is 9.76. The topological polar surface area (TPSA) is 21.3 Å². The highest BCUT2D eigenvalue weighted by molar-refractivity contribution is 6.12. The van der Waals surface area contributed by atoms with Crippen LogP contribution in [0.4, 0.5) is 17.1 Å². The van der Waals surface area contributed by atoms with Crippen molar-refractivity contribution in [3.8, 4) is 16.8 Å². The fourth-order valence-corrected chi connectivity index (χ4v) is 7.50. The second-order valence-electron chi connectivity index (χ2n) is 12.6. The number of benzene rings is 8. The molecule has 0 atom stereocenters. The van der Waals surface area contributed by atoms with Crippen LogP contribution in [0.5, 0.6) is 0 Å². The molecule has 3 nitrogen and oxygen atoms in total. The molecule has 230 valence electrons. The van der Waals surface area contributed by atoms with Crippen LogP contribution in [-0.2, 0) is 0 Å². The molecule has 2 aromatic heterocycles. The van der Waals surface area contributed by atoms with Gasteiger partial charge in [-0.3, -0.25) is 0 Å². The predicted molar refractivity (Wildman–Crippen MR) is 206 cm³/mol. The molecule has 8 aromatic carbocycles. The van der Waals surface area contributed by atoms with E-state index in [-0.39, 0.29) is 0 Å². The van der Waals surface area contributed by atoms with Gasteiger partial charge in [-0.25, -0.2) is 0 Å². The van der Waals surface area contributed by atoms with Gasteiger partial charge in [-0.15, -0.1) is 0 Å². The molecular weight excluding hydrogens is 597 g/mol. The minimum Gasteiger partial charge on any atom is -0.456 e. The molecule has 0 N–H and O–H groups in total. The van der Waals surface area contributed by atoms with Gasteiger partial charge in [0, 0.05) is 50.1 Å². The van der Waals surface area contributed by atoms with E-state index in [9.17, 15) is 0 Å². The van der Waals surface area contributed by atoms with Crippen molar-refractivity contribution in [2.45, 2.75) is 0 Å². The molecular formula is C46H30N2O. The van der Waals surface area contributed by atoms with Crippen LogP contribution >= 0.6 is 0 Å². The molecule has 0 fully saturated rings. The molecule has 3 heteroatoms. The summed E-state index contributed by atoms with van der Waals surface area (Å²) in [7, 11) is 0. The normalized spacial score (nSPS) is 11.7. The van der Waals surface area contributed by atoms with E-state index in [0.717, 1.165) is 39.0 Å². The molecule has 0 bridgehead atoms. The Morgan fingerprint density at radius 1 is 0.367 bits per heavy atom. The van der Waals surface area contributed by atoms with Gasteiger partial charge in [-0.2, -0.15) is 0 Å². The summed E-state index contributed by atoms with van der Waals surface area (Å²) in [6.45, 7) is 0. The number of rotatable bonds is 5. The van der Waals surface area contributed by atoms with Crippen molar-refractivity contribution < 1.29 is 4.42 Å². The summed E-state index contributed by atoms with van der Waals surface area (Å²) in [6, 6.07) is 64.9. The van der Waals surface area contributed by atoms with Gasteiger partial charge in [0.05, 0.1) is 16.7 Å². The van der Waals surface area contributed by atoms with Crippen molar-refractivity contribution in [2.24, 2.45) is 0 Å². The van der Waals surface area contributed by atoms with Gasteiger partial charge in [0.25, 0.3) is 0 Å². The third kappa shape index (κ3) is 4.44. The monoisotopic (exact) mass is 626 g/mol. The smallest absolute Gasteiger partial charge is 0.137 e. The zero-order valence-corrected chi connectivity index (χ0v) is 26.6. The van der Waals surface area contributed by atoms with Crippen LogP contribution in [0.15, 0.2) is 186 Å². The Labute approximate surface area is 283 Å². The molecule has 10 aromatic rings. The first kappa shape index (κ1) is 27.5. The maximum atomic E-state index is 6.49. The number of nitrogens with zero attached hydrogens (tertiary/aromatic N) is 2. The van der Waals surface area contributed by atoms with Gasteiger partial charge < -0.3 is 13.9 Å². The highest BCUT2D eigenvalue weighted by atomic mass is 16.3.